The van der Waals surface area contributed by atoms with Gasteiger partial charge in [0, 0.05) is 12.0 Å². The van der Waals surface area contributed by atoms with Crippen molar-refractivity contribution in [3.05, 3.63) is 12.4 Å². The smallest absolute Gasteiger partial charge is 0.157 e. The van der Waals surface area contributed by atoms with Crippen LogP contribution in [0.5, 0.6) is 5.75 Å². The number of aromatic nitrogens is 2. The van der Waals surface area contributed by atoms with Crippen LogP contribution in [0.25, 0.3) is 0 Å². The molecular formula is C12H22N2OS. The van der Waals surface area contributed by atoms with E-state index in [1.165, 1.54) is 0 Å². The first kappa shape index (κ1) is 13.4. The molecule has 16 heavy (non-hydrogen) atoms. The number of ether oxygens (including phenoxy) is 1. The van der Waals surface area contributed by atoms with Gasteiger partial charge >= 0.3 is 0 Å². The molecule has 0 aliphatic heterocycles. The summed E-state index contributed by atoms with van der Waals surface area (Å²) in [6.07, 6.45) is 5.90. The van der Waals surface area contributed by atoms with Crippen molar-refractivity contribution in [3.63, 3.8) is 0 Å². The monoisotopic (exact) mass is 242 g/mol. The third-order valence-electron chi connectivity index (χ3n) is 3.31. The topological polar surface area (TPSA) is 27.1 Å². The fourth-order valence-electron chi connectivity index (χ4n) is 1.55. The standard InChI is InChI=1S/C12H22N2OS/c1-4-12(5-2,10-16)9-15-11-7-13-14(6-3)8-11/h7-8,16H,4-6,9-10H2,1-3H3. The Morgan fingerprint density at radius 3 is 2.50 bits per heavy atom. The Hall–Kier alpha value is -0.640. The van der Waals surface area contributed by atoms with Gasteiger partial charge in [0.2, 0.25) is 0 Å². The predicted octanol–water partition coefficient (Wildman–Crippen LogP) is 3.02. The normalized spacial score (nSPS) is 11.8. The predicted molar refractivity (Wildman–Crippen MR) is 70.3 cm³/mol. The van der Waals surface area contributed by atoms with Gasteiger partial charge in [-0.05, 0) is 25.5 Å². The number of aryl methyl sites for hydroxylation is 1. The maximum absolute atomic E-state index is 5.79. The van der Waals surface area contributed by atoms with Crippen molar-refractivity contribution < 1.29 is 4.74 Å². The first-order chi connectivity index (χ1) is 7.69. The zero-order valence-corrected chi connectivity index (χ0v) is 11.3. The van der Waals surface area contributed by atoms with Gasteiger partial charge in [0.25, 0.3) is 0 Å². The number of hydrogen-bond acceptors (Lipinski definition) is 3. The van der Waals surface area contributed by atoms with Gasteiger partial charge in [-0.3, -0.25) is 4.68 Å². The molecule has 0 N–H and O–H groups in total. The van der Waals surface area contributed by atoms with Crippen molar-refractivity contribution in [2.45, 2.75) is 40.2 Å². The lowest BCUT2D eigenvalue weighted by Gasteiger charge is -2.29. The van der Waals surface area contributed by atoms with E-state index in [0.717, 1.165) is 37.5 Å². The summed E-state index contributed by atoms with van der Waals surface area (Å²) in [7, 11) is 0. The van der Waals surface area contributed by atoms with Crippen LogP contribution >= 0.6 is 12.6 Å². The van der Waals surface area contributed by atoms with Crippen LogP contribution in [-0.2, 0) is 6.54 Å². The van der Waals surface area contributed by atoms with Gasteiger partial charge in [0.15, 0.2) is 5.75 Å². The zero-order chi connectivity index (χ0) is 12.0. The van der Waals surface area contributed by atoms with Crippen LogP contribution in [0.15, 0.2) is 12.4 Å². The number of rotatable bonds is 7. The fraction of sp³-hybridized carbons (Fsp3) is 0.750. The Balaban J connectivity index is 2.55. The molecule has 0 radical (unpaired) electrons. The second-order valence-corrected chi connectivity index (χ2v) is 4.50. The van der Waals surface area contributed by atoms with Gasteiger partial charge in [-0.15, -0.1) is 0 Å². The molecule has 1 rings (SSSR count). The van der Waals surface area contributed by atoms with E-state index in [9.17, 15) is 0 Å². The third kappa shape index (κ3) is 3.17. The maximum Gasteiger partial charge on any atom is 0.157 e. The molecule has 0 atom stereocenters. The van der Waals surface area contributed by atoms with Gasteiger partial charge in [-0.2, -0.15) is 17.7 Å². The highest BCUT2D eigenvalue weighted by atomic mass is 32.1. The van der Waals surface area contributed by atoms with E-state index in [2.05, 4.69) is 38.5 Å². The molecule has 4 heteroatoms. The van der Waals surface area contributed by atoms with Crippen LogP contribution < -0.4 is 4.74 Å². The van der Waals surface area contributed by atoms with Gasteiger partial charge < -0.3 is 4.74 Å². The number of hydrogen-bond donors (Lipinski definition) is 1. The molecule has 92 valence electrons. The van der Waals surface area contributed by atoms with Crippen LogP contribution in [0.4, 0.5) is 0 Å². The molecule has 1 heterocycles. The second-order valence-electron chi connectivity index (χ2n) is 4.19. The Bertz CT molecular complexity index is 299. The molecule has 0 fully saturated rings. The summed E-state index contributed by atoms with van der Waals surface area (Å²) >= 11 is 4.43. The highest BCUT2D eigenvalue weighted by Gasteiger charge is 2.25. The molecule has 0 aliphatic carbocycles. The lowest BCUT2D eigenvalue weighted by atomic mass is 9.85. The van der Waals surface area contributed by atoms with E-state index in [1.54, 1.807) is 6.20 Å². The average molecular weight is 242 g/mol. The molecule has 0 spiro atoms. The minimum absolute atomic E-state index is 0.192. The molecule has 0 bridgehead atoms. The average Bonchev–Trinajstić information content (AvgIpc) is 2.80. The summed E-state index contributed by atoms with van der Waals surface area (Å²) in [6, 6.07) is 0. The lowest BCUT2D eigenvalue weighted by Crippen LogP contribution is -2.29. The number of nitrogens with zero attached hydrogens (tertiary/aromatic N) is 2. The van der Waals surface area contributed by atoms with Crippen LogP contribution in [0.1, 0.15) is 33.6 Å². The van der Waals surface area contributed by atoms with Crippen LogP contribution in [0.3, 0.4) is 0 Å². The summed E-state index contributed by atoms with van der Waals surface area (Å²) in [5.41, 5.74) is 0.192. The van der Waals surface area contributed by atoms with Crippen LogP contribution in [0.2, 0.25) is 0 Å². The minimum Gasteiger partial charge on any atom is -0.490 e. The van der Waals surface area contributed by atoms with E-state index in [4.69, 9.17) is 4.74 Å². The Morgan fingerprint density at radius 2 is 2.06 bits per heavy atom. The highest BCUT2D eigenvalue weighted by molar-refractivity contribution is 7.80. The third-order valence-corrected chi connectivity index (χ3v) is 3.98. The quantitative estimate of drug-likeness (QED) is 0.744. The van der Waals surface area contributed by atoms with Gasteiger partial charge in [-0.1, -0.05) is 13.8 Å². The van der Waals surface area contributed by atoms with Crippen molar-refractivity contribution in [3.8, 4) is 5.75 Å². The molecule has 1 aromatic heterocycles. The highest BCUT2D eigenvalue weighted by Crippen LogP contribution is 2.28. The Kier molecular flexibility index (Phi) is 5.19. The summed E-state index contributed by atoms with van der Waals surface area (Å²) < 4.78 is 7.67. The number of thiol groups is 1. The van der Waals surface area contributed by atoms with Crippen molar-refractivity contribution in [1.29, 1.82) is 0 Å². The molecule has 0 saturated carbocycles. The zero-order valence-electron chi connectivity index (χ0n) is 10.4. The van der Waals surface area contributed by atoms with Crippen molar-refractivity contribution in [2.24, 2.45) is 5.41 Å². The minimum atomic E-state index is 0.192. The molecule has 1 aromatic rings. The summed E-state index contributed by atoms with van der Waals surface area (Å²) in [6.45, 7) is 8.05. The van der Waals surface area contributed by atoms with Crippen molar-refractivity contribution in [1.82, 2.24) is 9.78 Å². The molecule has 0 amide bonds. The Labute approximate surface area is 104 Å². The summed E-state index contributed by atoms with van der Waals surface area (Å²) in [5.74, 6) is 1.72. The molecule has 3 nitrogen and oxygen atoms in total. The van der Waals surface area contributed by atoms with E-state index in [0.29, 0.717) is 0 Å². The lowest BCUT2D eigenvalue weighted by molar-refractivity contribution is 0.157. The maximum atomic E-state index is 5.79. The van der Waals surface area contributed by atoms with Crippen molar-refractivity contribution in [2.75, 3.05) is 12.4 Å². The first-order valence-corrected chi connectivity index (χ1v) is 6.59. The molecule has 0 aliphatic rings. The SMILES string of the molecule is CCn1cc(OCC(CC)(CC)CS)cn1. The molecule has 0 unspecified atom stereocenters. The fourth-order valence-corrected chi connectivity index (χ4v) is 2.09. The van der Waals surface area contributed by atoms with Crippen LogP contribution in [-0.4, -0.2) is 22.1 Å². The van der Waals surface area contributed by atoms with Crippen molar-refractivity contribution >= 4 is 12.6 Å². The van der Waals surface area contributed by atoms with Crippen LogP contribution in [0, 0.1) is 5.41 Å². The van der Waals surface area contributed by atoms with Gasteiger partial charge in [0.1, 0.15) is 0 Å². The van der Waals surface area contributed by atoms with E-state index >= 15 is 0 Å². The van der Waals surface area contributed by atoms with Gasteiger partial charge in [0.05, 0.1) is 19.0 Å². The molecule has 0 saturated heterocycles. The molecular weight excluding hydrogens is 220 g/mol. The van der Waals surface area contributed by atoms with E-state index < -0.39 is 0 Å². The largest absolute Gasteiger partial charge is 0.490 e. The first-order valence-electron chi connectivity index (χ1n) is 5.95. The Morgan fingerprint density at radius 1 is 1.38 bits per heavy atom. The van der Waals surface area contributed by atoms with E-state index in [1.807, 2.05) is 10.9 Å². The second kappa shape index (κ2) is 6.18. The summed E-state index contributed by atoms with van der Waals surface area (Å²) in [5, 5.41) is 4.19. The summed E-state index contributed by atoms with van der Waals surface area (Å²) in [4.78, 5) is 0. The van der Waals surface area contributed by atoms with E-state index in [-0.39, 0.29) is 5.41 Å². The molecule has 0 aromatic carbocycles. The van der Waals surface area contributed by atoms with Gasteiger partial charge in [-0.25, -0.2) is 0 Å².